The lowest BCUT2D eigenvalue weighted by atomic mass is 10.0. The molecule has 2 aromatic heterocycles. The Hall–Kier alpha value is -3.07. The standard InChI is InChI=1S/C24H33N5O4/c1-15-7-6-10-28(12-15)23-25-21-20(22(31)27(5)24(32)26(21)4)29(23)13-18(30)14-33-19-9-8-16(2)17(3)11-19/h8-9,11,15,18,30H,6-7,10,12-14H2,1-5H3/t15-,18-/m1/s1. The number of rotatable bonds is 6. The molecule has 2 atom stereocenters. The van der Waals surface area contributed by atoms with E-state index in [-0.39, 0.29) is 13.2 Å². The van der Waals surface area contributed by atoms with Crippen LogP contribution in [0.15, 0.2) is 27.8 Å². The van der Waals surface area contributed by atoms with Crippen LogP contribution in [0.2, 0.25) is 0 Å². The molecule has 0 bridgehead atoms. The van der Waals surface area contributed by atoms with Crippen molar-refractivity contribution in [3.8, 4) is 5.75 Å². The number of piperidine rings is 1. The van der Waals surface area contributed by atoms with Crippen LogP contribution in [0, 0.1) is 19.8 Å². The van der Waals surface area contributed by atoms with Crippen LogP contribution >= 0.6 is 0 Å². The molecule has 4 rings (SSSR count). The summed E-state index contributed by atoms with van der Waals surface area (Å²) < 4.78 is 10.1. The van der Waals surface area contributed by atoms with Gasteiger partial charge in [-0.2, -0.15) is 4.98 Å². The molecule has 3 aromatic rings. The third-order valence-corrected chi connectivity index (χ3v) is 6.58. The van der Waals surface area contributed by atoms with Gasteiger partial charge in [0.25, 0.3) is 5.56 Å². The van der Waals surface area contributed by atoms with Gasteiger partial charge in [-0.05, 0) is 55.9 Å². The van der Waals surface area contributed by atoms with E-state index in [0.717, 1.165) is 36.1 Å². The fraction of sp³-hybridized carbons (Fsp3) is 0.542. The van der Waals surface area contributed by atoms with Crippen LogP contribution in [0.25, 0.3) is 11.2 Å². The van der Waals surface area contributed by atoms with Crippen LogP contribution in [0.5, 0.6) is 5.75 Å². The molecule has 0 spiro atoms. The highest BCUT2D eigenvalue weighted by Gasteiger charge is 2.26. The van der Waals surface area contributed by atoms with Crippen molar-refractivity contribution in [2.75, 3.05) is 24.6 Å². The second-order valence-corrected chi connectivity index (χ2v) is 9.30. The van der Waals surface area contributed by atoms with Crippen LogP contribution < -0.4 is 20.9 Å². The van der Waals surface area contributed by atoms with Crippen molar-refractivity contribution in [2.24, 2.45) is 20.0 Å². The first kappa shape index (κ1) is 23.1. The predicted molar refractivity (Wildman–Crippen MR) is 128 cm³/mol. The van der Waals surface area contributed by atoms with E-state index in [1.807, 2.05) is 32.0 Å². The molecular formula is C24H33N5O4. The van der Waals surface area contributed by atoms with E-state index in [9.17, 15) is 14.7 Å². The zero-order valence-corrected chi connectivity index (χ0v) is 20.0. The number of benzene rings is 1. The van der Waals surface area contributed by atoms with E-state index in [4.69, 9.17) is 9.72 Å². The Morgan fingerprint density at radius 1 is 1.18 bits per heavy atom. The van der Waals surface area contributed by atoms with Crippen LogP contribution in [0.3, 0.4) is 0 Å². The minimum Gasteiger partial charge on any atom is -0.491 e. The van der Waals surface area contributed by atoms with E-state index in [2.05, 4.69) is 11.8 Å². The first-order chi connectivity index (χ1) is 15.7. The van der Waals surface area contributed by atoms with E-state index in [1.165, 1.54) is 17.2 Å². The summed E-state index contributed by atoms with van der Waals surface area (Å²) in [5, 5.41) is 10.9. The number of nitrogens with zero attached hydrogens (tertiary/aromatic N) is 5. The van der Waals surface area contributed by atoms with E-state index in [0.29, 0.717) is 28.8 Å². The van der Waals surface area contributed by atoms with Gasteiger partial charge in [0.2, 0.25) is 5.95 Å². The molecule has 3 heterocycles. The molecule has 1 aliphatic heterocycles. The maximum absolute atomic E-state index is 13.1. The van der Waals surface area contributed by atoms with Gasteiger partial charge in [0.1, 0.15) is 18.5 Å². The number of aliphatic hydroxyl groups is 1. The number of anilines is 1. The Morgan fingerprint density at radius 3 is 2.64 bits per heavy atom. The number of aliphatic hydroxyl groups excluding tert-OH is 1. The zero-order chi connectivity index (χ0) is 23.9. The number of fused-ring (bicyclic) bond motifs is 1. The molecule has 1 fully saturated rings. The maximum atomic E-state index is 13.1. The minimum absolute atomic E-state index is 0.0735. The Bertz CT molecular complexity index is 1290. The van der Waals surface area contributed by atoms with Crippen molar-refractivity contribution in [1.82, 2.24) is 18.7 Å². The summed E-state index contributed by atoms with van der Waals surface area (Å²) in [5.74, 6) is 1.80. The first-order valence-corrected chi connectivity index (χ1v) is 11.5. The highest BCUT2D eigenvalue weighted by atomic mass is 16.5. The summed E-state index contributed by atoms with van der Waals surface area (Å²) >= 11 is 0. The topological polar surface area (TPSA) is 94.5 Å². The number of hydrogen-bond donors (Lipinski definition) is 1. The normalized spacial score (nSPS) is 17.5. The van der Waals surface area contributed by atoms with Crippen molar-refractivity contribution >= 4 is 17.1 Å². The Labute approximate surface area is 192 Å². The van der Waals surface area contributed by atoms with Crippen molar-refractivity contribution in [3.63, 3.8) is 0 Å². The van der Waals surface area contributed by atoms with Crippen molar-refractivity contribution in [3.05, 3.63) is 50.2 Å². The van der Waals surface area contributed by atoms with E-state index in [1.54, 1.807) is 11.6 Å². The molecule has 0 saturated carbocycles. The van der Waals surface area contributed by atoms with Crippen molar-refractivity contribution in [2.45, 2.75) is 46.3 Å². The molecule has 1 aliphatic rings. The summed E-state index contributed by atoms with van der Waals surface area (Å²) in [4.78, 5) is 32.4. The number of hydrogen-bond acceptors (Lipinski definition) is 6. The quantitative estimate of drug-likeness (QED) is 0.608. The van der Waals surface area contributed by atoms with Gasteiger partial charge < -0.3 is 19.3 Å². The Kier molecular flexibility index (Phi) is 6.34. The highest BCUT2D eigenvalue weighted by molar-refractivity contribution is 5.74. The molecule has 9 heteroatoms. The van der Waals surface area contributed by atoms with Crippen LogP contribution in [-0.4, -0.2) is 49.6 Å². The molecule has 33 heavy (non-hydrogen) atoms. The monoisotopic (exact) mass is 455 g/mol. The number of imidazole rings is 1. The largest absolute Gasteiger partial charge is 0.491 e. The summed E-state index contributed by atoms with van der Waals surface area (Å²) in [5.41, 5.74) is 2.10. The highest BCUT2D eigenvalue weighted by Crippen LogP contribution is 2.26. The Morgan fingerprint density at radius 2 is 1.94 bits per heavy atom. The second kappa shape index (κ2) is 9.05. The summed E-state index contributed by atoms with van der Waals surface area (Å²) in [6.07, 6.45) is 1.30. The summed E-state index contributed by atoms with van der Waals surface area (Å²) in [6, 6.07) is 5.81. The number of aryl methyl sites for hydroxylation is 3. The smallest absolute Gasteiger partial charge is 0.332 e. The molecule has 1 N–H and O–H groups in total. The van der Waals surface area contributed by atoms with Gasteiger partial charge in [0.05, 0.1) is 6.54 Å². The third-order valence-electron chi connectivity index (χ3n) is 6.58. The molecule has 1 aromatic carbocycles. The molecule has 178 valence electrons. The average molecular weight is 456 g/mol. The third kappa shape index (κ3) is 4.42. The van der Waals surface area contributed by atoms with Gasteiger partial charge in [0.15, 0.2) is 11.2 Å². The van der Waals surface area contributed by atoms with Gasteiger partial charge >= 0.3 is 5.69 Å². The number of aromatic nitrogens is 4. The fourth-order valence-electron chi connectivity index (χ4n) is 4.48. The van der Waals surface area contributed by atoms with E-state index >= 15 is 0 Å². The minimum atomic E-state index is -0.869. The zero-order valence-electron chi connectivity index (χ0n) is 20.0. The summed E-state index contributed by atoms with van der Waals surface area (Å²) in [7, 11) is 3.08. The van der Waals surface area contributed by atoms with Crippen molar-refractivity contribution < 1.29 is 9.84 Å². The lowest BCUT2D eigenvalue weighted by Gasteiger charge is -2.32. The lowest BCUT2D eigenvalue weighted by Crippen LogP contribution is -2.39. The maximum Gasteiger partial charge on any atom is 0.332 e. The lowest BCUT2D eigenvalue weighted by molar-refractivity contribution is 0.0935. The molecule has 0 aliphatic carbocycles. The fourth-order valence-corrected chi connectivity index (χ4v) is 4.48. The molecule has 0 unspecified atom stereocenters. The van der Waals surface area contributed by atoms with Crippen LogP contribution in [-0.2, 0) is 20.6 Å². The van der Waals surface area contributed by atoms with Gasteiger partial charge in [0, 0.05) is 27.2 Å². The van der Waals surface area contributed by atoms with Gasteiger partial charge in [-0.3, -0.25) is 13.9 Å². The van der Waals surface area contributed by atoms with E-state index < -0.39 is 17.4 Å². The molecule has 0 radical (unpaired) electrons. The Balaban J connectivity index is 1.69. The number of ether oxygens (including phenoxy) is 1. The van der Waals surface area contributed by atoms with Gasteiger partial charge in [-0.15, -0.1) is 0 Å². The average Bonchev–Trinajstić information content (AvgIpc) is 3.16. The predicted octanol–water partition coefficient (Wildman–Crippen LogP) is 1.73. The van der Waals surface area contributed by atoms with Crippen LogP contribution in [0.1, 0.15) is 30.9 Å². The molecule has 0 amide bonds. The van der Waals surface area contributed by atoms with Gasteiger partial charge in [-0.1, -0.05) is 13.0 Å². The second-order valence-electron chi connectivity index (χ2n) is 9.30. The van der Waals surface area contributed by atoms with Crippen molar-refractivity contribution in [1.29, 1.82) is 0 Å². The molecule has 9 nitrogen and oxygen atoms in total. The molecular weight excluding hydrogens is 422 g/mol. The first-order valence-electron chi connectivity index (χ1n) is 11.5. The molecule has 1 saturated heterocycles. The van der Waals surface area contributed by atoms with Crippen LogP contribution in [0.4, 0.5) is 5.95 Å². The summed E-state index contributed by atoms with van der Waals surface area (Å²) in [6.45, 7) is 8.08. The van der Waals surface area contributed by atoms with Gasteiger partial charge in [-0.25, -0.2) is 4.79 Å². The SMILES string of the molecule is Cc1ccc(OC[C@H](O)Cn2c(N3CCC[C@@H](C)C3)nc3c2c(=O)n(C)c(=O)n3C)cc1C.